The summed E-state index contributed by atoms with van der Waals surface area (Å²) in [5.41, 5.74) is 3.88. The first-order chi connectivity index (χ1) is 18.1. The van der Waals surface area contributed by atoms with Gasteiger partial charge >= 0.3 is 0 Å². The van der Waals surface area contributed by atoms with E-state index in [1.165, 1.54) is 0 Å². The van der Waals surface area contributed by atoms with Gasteiger partial charge in [0.2, 0.25) is 5.88 Å². The number of aromatic nitrogens is 2. The Labute approximate surface area is 218 Å². The van der Waals surface area contributed by atoms with Gasteiger partial charge in [-0.05, 0) is 55.1 Å². The number of ether oxygens (including phenoxy) is 2. The van der Waals surface area contributed by atoms with E-state index in [0.717, 1.165) is 51.9 Å². The summed E-state index contributed by atoms with van der Waals surface area (Å²) in [4.78, 5) is 11.8. The van der Waals surface area contributed by atoms with E-state index in [0.29, 0.717) is 24.9 Å². The fraction of sp³-hybridized carbons (Fsp3) is 0.188. The van der Waals surface area contributed by atoms with Gasteiger partial charge in [-0.15, -0.1) is 0 Å². The maximum Gasteiger partial charge on any atom is 0.217 e. The maximum atomic E-state index is 6.11. The molecule has 0 spiro atoms. The summed E-state index contributed by atoms with van der Waals surface area (Å²) < 4.78 is 12.1. The summed E-state index contributed by atoms with van der Waals surface area (Å²) in [7, 11) is 4.15. The first-order valence-corrected chi connectivity index (χ1v) is 12.6. The third-order valence-electron chi connectivity index (χ3n) is 6.09. The molecule has 0 unspecified atom stereocenters. The van der Waals surface area contributed by atoms with E-state index >= 15 is 0 Å². The Morgan fingerprint density at radius 2 is 1.41 bits per heavy atom. The molecule has 1 heterocycles. The molecule has 0 fully saturated rings. The molecule has 5 aromatic rings. The Morgan fingerprint density at radius 1 is 0.676 bits per heavy atom. The zero-order valence-electron chi connectivity index (χ0n) is 21.3. The number of nitrogens with zero attached hydrogens (tertiary/aromatic N) is 3. The molecule has 0 radical (unpaired) electrons. The van der Waals surface area contributed by atoms with Gasteiger partial charge in [-0.25, -0.2) is 4.98 Å². The number of hydrogen-bond donors (Lipinski definition) is 0. The largest absolute Gasteiger partial charge is 0.494 e. The van der Waals surface area contributed by atoms with Crippen LogP contribution in [0.25, 0.3) is 33.4 Å². The summed E-state index contributed by atoms with van der Waals surface area (Å²) in [6.07, 6.45) is 0.994. The zero-order valence-corrected chi connectivity index (χ0v) is 21.3. The average Bonchev–Trinajstić information content (AvgIpc) is 2.94. The monoisotopic (exact) mass is 489 g/mol. The van der Waals surface area contributed by atoms with E-state index in [-0.39, 0.29) is 0 Å². The third-order valence-corrected chi connectivity index (χ3v) is 6.09. The van der Waals surface area contributed by atoms with Crippen LogP contribution >= 0.6 is 0 Å². The van der Waals surface area contributed by atoms with Crippen LogP contribution in [0.4, 0.5) is 0 Å². The highest BCUT2D eigenvalue weighted by Gasteiger charge is 2.11. The average molecular weight is 490 g/mol. The van der Waals surface area contributed by atoms with Gasteiger partial charge in [0.25, 0.3) is 0 Å². The van der Waals surface area contributed by atoms with E-state index in [1.807, 2.05) is 72.8 Å². The third kappa shape index (κ3) is 6.51. The topological polar surface area (TPSA) is 47.5 Å². The summed E-state index contributed by atoms with van der Waals surface area (Å²) in [6, 6.07) is 34.6. The van der Waals surface area contributed by atoms with E-state index in [2.05, 4.69) is 49.3 Å². The molecule has 0 saturated heterocycles. The second-order valence-corrected chi connectivity index (χ2v) is 9.28. The molecule has 0 N–H and O–H groups in total. The lowest BCUT2D eigenvalue weighted by Gasteiger charge is -2.12. The van der Waals surface area contributed by atoms with Gasteiger partial charge in [0.1, 0.15) is 12.4 Å². The van der Waals surface area contributed by atoms with Crippen LogP contribution < -0.4 is 9.47 Å². The fourth-order valence-corrected chi connectivity index (χ4v) is 4.14. The quantitative estimate of drug-likeness (QED) is 0.200. The molecule has 0 atom stereocenters. The molecule has 37 heavy (non-hydrogen) atoms. The lowest BCUT2D eigenvalue weighted by Crippen LogP contribution is -2.15. The molecule has 0 amide bonds. The Morgan fingerprint density at radius 3 is 2.19 bits per heavy atom. The van der Waals surface area contributed by atoms with Gasteiger partial charge in [0.15, 0.2) is 5.82 Å². The van der Waals surface area contributed by atoms with Crippen molar-refractivity contribution in [2.45, 2.75) is 13.0 Å². The van der Waals surface area contributed by atoms with Crippen molar-refractivity contribution in [3.05, 3.63) is 109 Å². The van der Waals surface area contributed by atoms with E-state index < -0.39 is 0 Å². The lowest BCUT2D eigenvalue weighted by molar-refractivity contribution is 0.282. The first-order valence-electron chi connectivity index (χ1n) is 12.6. The van der Waals surface area contributed by atoms with Crippen molar-refractivity contribution in [2.75, 3.05) is 27.2 Å². The first kappa shape index (κ1) is 24.5. The van der Waals surface area contributed by atoms with Crippen LogP contribution in [0.1, 0.15) is 12.0 Å². The standard InChI is InChI=1S/C32H31N3O2/c1-35(2)18-9-19-36-29-17-16-26-20-28(15-14-27(26)21-29)32-33-30(25-12-7-4-8-13-25)22-31(34-32)37-23-24-10-5-3-6-11-24/h3-8,10-17,20-22H,9,18-19,23H2,1-2H3. The highest BCUT2D eigenvalue weighted by molar-refractivity contribution is 5.87. The van der Waals surface area contributed by atoms with Crippen molar-refractivity contribution in [3.63, 3.8) is 0 Å². The van der Waals surface area contributed by atoms with Crippen molar-refractivity contribution < 1.29 is 9.47 Å². The molecule has 4 aromatic carbocycles. The molecular weight excluding hydrogens is 458 g/mol. The maximum absolute atomic E-state index is 6.11. The molecule has 0 aliphatic heterocycles. The summed E-state index contributed by atoms with van der Waals surface area (Å²) >= 11 is 0. The minimum absolute atomic E-state index is 0.445. The second-order valence-electron chi connectivity index (χ2n) is 9.28. The summed E-state index contributed by atoms with van der Waals surface area (Å²) in [6.45, 7) is 2.16. The van der Waals surface area contributed by atoms with E-state index in [1.54, 1.807) is 0 Å². The molecular formula is C32H31N3O2. The van der Waals surface area contributed by atoms with Crippen molar-refractivity contribution in [2.24, 2.45) is 0 Å². The lowest BCUT2D eigenvalue weighted by atomic mass is 10.1. The summed E-state index contributed by atoms with van der Waals surface area (Å²) in [5, 5.41) is 2.23. The Bertz CT molecular complexity index is 1450. The van der Waals surface area contributed by atoms with Crippen LogP contribution in [0, 0.1) is 0 Å². The van der Waals surface area contributed by atoms with Crippen LogP contribution in [-0.2, 0) is 6.61 Å². The fourth-order valence-electron chi connectivity index (χ4n) is 4.14. The molecule has 0 bridgehead atoms. The predicted molar refractivity (Wildman–Crippen MR) is 150 cm³/mol. The SMILES string of the molecule is CN(C)CCCOc1ccc2cc(-c3nc(OCc4ccccc4)cc(-c4ccccc4)n3)ccc2c1. The normalized spacial score (nSPS) is 11.1. The number of fused-ring (bicyclic) bond motifs is 1. The molecule has 186 valence electrons. The summed E-state index contributed by atoms with van der Waals surface area (Å²) in [5.74, 6) is 2.07. The minimum Gasteiger partial charge on any atom is -0.494 e. The van der Waals surface area contributed by atoms with Gasteiger partial charge in [-0.1, -0.05) is 78.9 Å². The van der Waals surface area contributed by atoms with Crippen LogP contribution in [-0.4, -0.2) is 42.1 Å². The number of benzene rings is 4. The highest BCUT2D eigenvalue weighted by atomic mass is 16.5. The van der Waals surface area contributed by atoms with Crippen molar-refractivity contribution in [1.82, 2.24) is 14.9 Å². The molecule has 5 rings (SSSR count). The second kappa shape index (κ2) is 11.7. The van der Waals surface area contributed by atoms with Crippen LogP contribution in [0.2, 0.25) is 0 Å². The molecule has 5 nitrogen and oxygen atoms in total. The van der Waals surface area contributed by atoms with Gasteiger partial charge < -0.3 is 14.4 Å². The van der Waals surface area contributed by atoms with Crippen molar-refractivity contribution >= 4 is 10.8 Å². The van der Waals surface area contributed by atoms with Gasteiger partial charge in [0, 0.05) is 23.7 Å². The van der Waals surface area contributed by atoms with Crippen molar-refractivity contribution in [1.29, 1.82) is 0 Å². The van der Waals surface area contributed by atoms with Crippen LogP contribution in [0.3, 0.4) is 0 Å². The van der Waals surface area contributed by atoms with Gasteiger partial charge in [-0.3, -0.25) is 0 Å². The molecule has 5 heteroatoms. The zero-order chi connectivity index (χ0) is 25.5. The number of hydrogen-bond acceptors (Lipinski definition) is 5. The van der Waals surface area contributed by atoms with E-state index in [4.69, 9.17) is 19.4 Å². The Balaban J connectivity index is 1.42. The van der Waals surface area contributed by atoms with Crippen molar-refractivity contribution in [3.8, 4) is 34.3 Å². The van der Waals surface area contributed by atoms with Crippen LogP contribution in [0.5, 0.6) is 11.6 Å². The molecule has 0 aliphatic carbocycles. The van der Waals surface area contributed by atoms with Gasteiger partial charge in [0.05, 0.1) is 12.3 Å². The van der Waals surface area contributed by atoms with Crippen LogP contribution in [0.15, 0.2) is 103 Å². The van der Waals surface area contributed by atoms with Gasteiger partial charge in [-0.2, -0.15) is 4.98 Å². The highest BCUT2D eigenvalue weighted by Crippen LogP contribution is 2.29. The Hall–Kier alpha value is -4.22. The smallest absolute Gasteiger partial charge is 0.217 e. The number of rotatable bonds is 10. The predicted octanol–water partition coefficient (Wildman–Crippen LogP) is 6.87. The Kier molecular flexibility index (Phi) is 7.72. The van der Waals surface area contributed by atoms with E-state index in [9.17, 15) is 0 Å². The molecule has 0 saturated carbocycles. The molecule has 0 aliphatic rings. The molecule has 1 aromatic heterocycles. The minimum atomic E-state index is 0.445.